The van der Waals surface area contributed by atoms with Gasteiger partial charge >= 0.3 is 0 Å². The highest BCUT2D eigenvalue weighted by Crippen LogP contribution is 2.19. The lowest BCUT2D eigenvalue weighted by atomic mass is 10.0. The molecule has 1 fully saturated rings. The molecule has 0 atom stereocenters. The number of hydrogen-bond acceptors (Lipinski definition) is 2. The number of piperidine rings is 1. The quantitative estimate of drug-likeness (QED) is 0.698. The van der Waals surface area contributed by atoms with Crippen LogP contribution in [0, 0.1) is 0 Å². The number of carbonyl (C=O) groups excluding carboxylic acids is 1. The van der Waals surface area contributed by atoms with Gasteiger partial charge in [0, 0.05) is 48.3 Å². The van der Waals surface area contributed by atoms with Gasteiger partial charge in [0.1, 0.15) is 0 Å². The van der Waals surface area contributed by atoms with Crippen molar-refractivity contribution in [1.82, 2.24) is 15.2 Å². The minimum absolute atomic E-state index is 0. The van der Waals surface area contributed by atoms with Gasteiger partial charge in [0.25, 0.3) is 5.91 Å². The molecule has 1 amide bonds. The van der Waals surface area contributed by atoms with Crippen LogP contribution in [-0.4, -0.2) is 41.5 Å². The molecule has 0 unspecified atom stereocenters. The number of hydrogen-bond donors (Lipinski definition) is 2. The van der Waals surface area contributed by atoms with Crippen LogP contribution in [0.15, 0.2) is 60.8 Å². The van der Waals surface area contributed by atoms with E-state index in [2.05, 4.69) is 45.7 Å². The fourth-order valence-electron chi connectivity index (χ4n) is 3.78. The second-order valence-corrected chi connectivity index (χ2v) is 7.06. The molecule has 0 aliphatic carbocycles. The van der Waals surface area contributed by atoms with E-state index in [1.807, 2.05) is 30.3 Å². The van der Waals surface area contributed by atoms with Gasteiger partial charge in [-0.2, -0.15) is 0 Å². The van der Waals surface area contributed by atoms with Gasteiger partial charge in [-0.05, 0) is 43.0 Å². The molecule has 0 bridgehead atoms. The number of H-pyrrole nitrogens is 1. The number of fused-ring (bicyclic) bond motifs is 1. The van der Waals surface area contributed by atoms with E-state index in [1.54, 1.807) is 0 Å². The number of amides is 1. The lowest BCUT2D eigenvalue weighted by Crippen LogP contribution is -2.45. The maximum Gasteiger partial charge on any atom is 0.251 e. The van der Waals surface area contributed by atoms with Crippen molar-refractivity contribution < 1.29 is 4.79 Å². The topological polar surface area (TPSA) is 48.1 Å². The molecule has 0 saturated carbocycles. The Balaban J connectivity index is 0.00000210. The van der Waals surface area contributed by atoms with Crippen LogP contribution >= 0.6 is 12.4 Å². The standard InChI is InChI=1S/C22H25N3O.ClH/c26-22(17-6-2-1-3-7-17)24-19-11-14-25(15-12-19)13-10-18-16-23-21-9-5-4-8-20(18)21;/h1-9,16,19,23H,10-15H2,(H,24,26);1H. The average molecular weight is 384 g/mol. The van der Waals surface area contributed by atoms with Crippen molar-refractivity contribution in [3.63, 3.8) is 0 Å². The molecule has 1 saturated heterocycles. The monoisotopic (exact) mass is 383 g/mol. The van der Waals surface area contributed by atoms with Crippen LogP contribution < -0.4 is 5.32 Å². The molecule has 2 N–H and O–H groups in total. The van der Waals surface area contributed by atoms with Crippen molar-refractivity contribution in [3.05, 3.63) is 71.9 Å². The summed E-state index contributed by atoms with van der Waals surface area (Å²) in [6.07, 6.45) is 5.24. The number of para-hydroxylation sites is 1. The van der Waals surface area contributed by atoms with E-state index in [1.165, 1.54) is 16.5 Å². The molecule has 1 aromatic heterocycles. The predicted molar refractivity (Wildman–Crippen MR) is 113 cm³/mol. The number of aromatic amines is 1. The molecule has 27 heavy (non-hydrogen) atoms. The highest BCUT2D eigenvalue weighted by atomic mass is 35.5. The van der Waals surface area contributed by atoms with Crippen molar-refractivity contribution in [3.8, 4) is 0 Å². The second-order valence-electron chi connectivity index (χ2n) is 7.06. The van der Waals surface area contributed by atoms with E-state index >= 15 is 0 Å². The lowest BCUT2D eigenvalue weighted by molar-refractivity contribution is 0.0911. The fourth-order valence-corrected chi connectivity index (χ4v) is 3.78. The van der Waals surface area contributed by atoms with Gasteiger partial charge < -0.3 is 15.2 Å². The average Bonchev–Trinajstić information content (AvgIpc) is 3.11. The molecule has 2 aromatic carbocycles. The first-order chi connectivity index (χ1) is 12.8. The maximum absolute atomic E-state index is 12.3. The van der Waals surface area contributed by atoms with Crippen molar-refractivity contribution in [2.75, 3.05) is 19.6 Å². The summed E-state index contributed by atoms with van der Waals surface area (Å²) < 4.78 is 0. The van der Waals surface area contributed by atoms with E-state index in [9.17, 15) is 4.79 Å². The SMILES string of the molecule is Cl.O=C(NC1CCN(CCc2c[nH]c3ccccc23)CC1)c1ccccc1. The molecular weight excluding hydrogens is 358 g/mol. The van der Waals surface area contributed by atoms with Gasteiger partial charge in [0.15, 0.2) is 0 Å². The first-order valence-corrected chi connectivity index (χ1v) is 9.43. The van der Waals surface area contributed by atoms with E-state index in [-0.39, 0.29) is 24.4 Å². The normalized spacial score (nSPS) is 15.4. The zero-order valence-electron chi connectivity index (χ0n) is 15.4. The molecule has 0 spiro atoms. The van der Waals surface area contributed by atoms with Gasteiger partial charge in [0.2, 0.25) is 0 Å². The smallest absolute Gasteiger partial charge is 0.251 e. The fraction of sp³-hybridized carbons (Fsp3) is 0.318. The summed E-state index contributed by atoms with van der Waals surface area (Å²) in [6, 6.07) is 18.2. The van der Waals surface area contributed by atoms with Gasteiger partial charge in [-0.1, -0.05) is 36.4 Å². The Bertz CT molecular complexity index is 869. The van der Waals surface area contributed by atoms with E-state index in [0.29, 0.717) is 0 Å². The summed E-state index contributed by atoms with van der Waals surface area (Å²) in [7, 11) is 0. The minimum Gasteiger partial charge on any atom is -0.361 e. The molecule has 3 aromatic rings. The van der Waals surface area contributed by atoms with Crippen molar-refractivity contribution in [2.45, 2.75) is 25.3 Å². The number of benzene rings is 2. The molecule has 142 valence electrons. The third-order valence-electron chi connectivity index (χ3n) is 5.33. The first kappa shape index (κ1) is 19.5. The number of likely N-dealkylation sites (tertiary alicyclic amines) is 1. The second kappa shape index (κ2) is 9.07. The predicted octanol–water partition coefficient (Wildman–Crippen LogP) is 4.03. The molecule has 1 aliphatic rings. The zero-order chi connectivity index (χ0) is 17.8. The largest absolute Gasteiger partial charge is 0.361 e. The van der Waals surface area contributed by atoms with Crippen LogP contribution in [0.2, 0.25) is 0 Å². The number of nitrogens with zero attached hydrogens (tertiary/aromatic N) is 1. The number of rotatable bonds is 5. The summed E-state index contributed by atoms with van der Waals surface area (Å²) in [5.41, 5.74) is 3.35. The van der Waals surface area contributed by atoms with Crippen LogP contribution in [-0.2, 0) is 6.42 Å². The Morgan fingerprint density at radius 2 is 1.74 bits per heavy atom. The Morgan fingerprint density at radius 3 is 2.52 bits per heavy atom. The van der Waals surface area contributed by atoms with Crippen LogP contribution in [0.4, 0.5) is 0 Å². The third-order valence-corrected chi connectivity index (χ3v) is 5.33. The Hall–Kier alpha value is -2.30. The number of aromatic nitrogens is 1. The molecule has 0 radical (unpaired) electrons. The summed E-state index contributed by atoms with van der Waals surface area (Å²) in [5.74, 6) is 0.0443. The molecule has 1 aliphatic heterocycles. The summed E-state index contributed by atoms with van der Waals surface area (Å²) in [5, 5.41) is 4.51. The Labute approximate surface area is 166 Å². The van der Waals surface area contributed by atoms with Gasteiger partial charge in [0.05, 0.1) is 0 Å². The lowest BCUT2D eigenvalue weighted by Gasteiger charge is -2.32. The molecule has 4 nitrogen and oxygen atoms in total. The molecule has 4 rings (SSSR count). The van der Waals surface area contributed by atoms with E-state index in [0.717, 1.165) is 44.5 Å². The van der Waals surface area contributed by atoms with Crippen LogP contribution in [0.25, 0.3) is 10.9 Å². The minimum atomic E-state index is 0. The summed E-state index contributed by atoms with van der Waals surface area (Å²) >= 11 is 0. The van der Waals surface area contributed by atoms with Crippen LogP contribution in [0.3, 0.4) is 0 Å². The van der Waals surface area contributed by atoms with Gasteiger partial charge in [-0.15, -0.1) is 12.4 Å². The summed E-state index contributed by atoms with van der Waals surface area (Å²) in [4.78, 5) is 18.1. The van der Waals surface area contributed by atoms with Crippen molar-refractivity contribution in [1.29, 1.82) is 0 Å². The maximum atomic E-state index is 12.3. The zero-order valence-corrected chi connectivity index (χ0v) is 16.2. The Morgan fingerprint density at radius 1 is 1.04 bits per heavy atom. The number of carbonyl (C=O) groups is 1. The highest BCUT2D eigenvalue weighted by Gasteiger charge is 2.21. The van der Waals surface area contributed by atoms with Gasteiger partial charge in [-0.3, -0.25) is 4.79 Å². The van der Waals surface area contributed by atoms with Crippen molar-refractivity contribution >= 4 is 29.2 Å². The molecule has 5 heteroatoms. The molecular formula is C22H26ClN3O. The van der Waals surface area contributed by atoms with E-state index in [4.69, 9.17) is 0 Å². The number of halogens is 1. The third kappa shape index (κ3) is 4.71. The first-order valence-electron chi connectivity index (χ1n) is 9.43. The van der Waals surface area contributed by atoms with Crippen molar-refractivity contribution in [2.24, 2.45) is 0 Å². The van der Waals surface area contributed by atoms with E-state index < -0.39 is 0 Å². The van der Waals surface area contributed by atoms with Gasteiger partial charge in [-0.25, -0.2) is 0 Å². The van der Waals surface area contributed by atoms with Crippen LogP contribution in [0.5, 0.6) is 0 Å². The number of nitrogens with one attached hydrogen (secondary N) is 2. The van der Waals surface area contributed by atoms with Crippen LogP contribution in [0.1, 0.15) is 28.8 Å². The molecule has 2 heterocycles. The summed E-state index contributed by atoms with van der Waals surface area (Å²) in [6.45, 7) is 3.16. The Kier molecular flexibility index (Phi) is 6.54. The highest BCUT2D eigenvalue weighted by molar-refractivity contribution is 5.94.